The summed E-state index contributed by atoms with van der Waals surface area (Å²) in [5, 5.41) is 7.78. The standard InChI is InChI=1S/C12H15N/c1-10(2)8-9-12(13)11-6-4-3-5-7-11/h3-7,13H,1,8-9H2,2H3. The highest BCUT2D eigenvalue weighted by Crippen LogP contribution is 2.08. The van der Waals surface area contributed by atoms with Crippen LogP contribution in [0.2, 0.25) is 0 Å². The van der Waals surface area contributed by atoms with Crippen LogP contribution in [0, 0.1) is 5.41 Å². The van der Waals surface area contributed by atoms with Crippen LogP contribution < -0.4 is 0 Å². The number of benzene rings is 1. The molecule has 0 saturated heterocycles. The second-order valence-corrected chi connectivity index (χ2v) is 3.30. The highest BCUT2D eigenvalue weighted by molar-refractivity contribution is 5.98. The lowest BCUT2D eigenvalue weighted by atomic mass is 10.0. The first-order chi connectivity index (χ1) is 6.20. The van der Waals surface area contributed by atoms with E-state index in [1.165, 1.54) is 0 Å². The van der Waals surface area contributed by atoms with E-state index >= 15 is 0 Å². The van der Waals surface area contributed by atoms with Gasteiger partial charge in [0, 0.05) is 5.71 Å². The highest BCUT2D eigenvalue weighted by Gasteiger charge is 1.99. The van der Waals surface area contributed by atoms with Gasteiger partial charge in [0.15, 0.2) is 0 Å². The van der Waals surface area contributed by atoms with E-state index in [1.54, 1.807) is 0 Å². The molecule has 13 heavy (non-hydrogen) atoms. The monoisotopic (exact) mass is 173 g/mol. The second-order valence-electron chi connectivity index (χ2n) is 3.30. The summed E-state index contributed by atoms with van der Waals surface area (Å²) in [4.78, 5) is 0. The maximum atomic E-state index is 7.78. The Morgan fingerprint density at radius 2 is 1.85 bits per heavy atom. The normalized spacial score (nSPS) is 9.62. The van der Waals surface area contributed by atoms with Crippen molar-refractivity contribution in [3.63, 3.8) is 0 Å². The van der Waals surface area contributed by atoms with Crippen LogP contribution in [0.25, 0.3) is 0 Å². The molecule has 0 spiro atoms. The average Bonchev–Trinajstić information content (AvgIpc) is 2.15. The van der Waals surface area contributed by atoms with E-state index in [9.17, 15) is 0 Å². The predicted molar refractivity (Wildman–Crippen MR) is 57.3 cm³/mol. The number of nitrogens with one attached hydrogen (secondary N) is 1. The topological polar surface area (TPSA) is 23.9 Å². The molecule has 0 amide bonds. The number of hydrogen-bond donors (Lipinski definition) is 1. The maximum absolute atomic E-state index is 7.78. The van der Waals surface area contributed by atoms with Crippen molar-refractivity contribution in [1.82, 2.24) is 0 Å². The fraction of sp³-hybridized carbons (Fsp3) is 0.250. The molecule has 0 aliphatic rings. The fourth-order valence-electron chi connectivity index (χ4n) is 1.12. The lowest BCUT2D eigenvalue weighted by Crippen LogP contribution is -1.98. The van der Waals surface area contributed by atoms with Crippen molar-refractivity contribution in [2.45, 2.75) is 19.8 Å². The van der Waals surface area contributed by atoms with Gasteiger partial charge in [0.1, 0.15) is 0 Å². The Labute approximate surface area is 79.6 Å². The SMILES string of the molecule is C=C(C)CCC(=N)c1ccccc1. The molecule has 1 aromatic carbocycles. The van der Waals surface area contributed by atoms with Gasteiger partial charge in [0.25, 0.3) is 0 Å². The first kappa shape index (κ1) is 9.72. The molecule has 0 aromatic heterocycles. The van der Waals surface area contributed by atoms with E-state index in [4.69, 9.17) is 5.41 Å². The van der Waals surface area contributed by atoms with Crippen LogP contribution in [-0.4, -0.2) is 5.71 Å². The largest absolute Gasteiger partial charge is 0.305 e. The van der Waals surface area contributed by atoms with Gasteiger partial charge in [-0.3, -0.25) is 0 Å². The summed E-state index contributed by atoms with van der Waals surface area (Å²) in [7, 11) is 0. The molecule has 0 aliphatic carbocycles. The zero-order valence-corrected chi connectivity index (χ0v) is 8.01. The molecule has 0 fully saturated rings. The summed E-state index contributed by atoms with van der Waals surface area (Å²) in [6, 6.07) is 9.84. The summed E-state index contributed by atoms with van der Waals surface area (Å²) in [5.41, 5.74) is 2.85. The van der Waals surface area contributed by atoms with E-state index in [1.807, 2.05) is 37.3 Å². The van der Waals surface area contributed by atoms with E-state index in [0.717, 1.165) is 24.0 Å². The van der Waals surface area contributed by atoms with Gasteiger partial charge >= 0.3 is 0 Å². The van der Waals surface area contributed by atoms with Crippen LogP contribution in [0.4, 0.5) is 0 Å². The Morgan fingerprint density at radius 3 is 2.38 bits per heavy atom. The molecule has 0 unspecified atom stereocenters. The molecule has 0 atom stereocenters. The van der Waals surface area contributed by atoms with Crippen molar-refractivity contribution in [3.8, 4) is 0 Å². The molecule has 1 nitrogen and oxygen atoms in total. The number of allylic oxidation sites excluding steroid dienone is 1. The molecule has 0 aliphatic heterocycles. The van der Waals surface area contributed by atoms with Gasteiger partial charge in [0.05, 0.1) is 0 Å². The third kappa shape index (κ3) is 3.24. The molecule has 1 aromatic rings. The zero-order chi connectivity index (χ0) is 9.68. The Hall–Kier alpha value is -1.37. The summed E-state index contributed by atoms with van der Waals surface area (Å²) in [6.07, 6.45) is 1.70. The Kier molecular flexibility index (Phi) is 3.44. The highest BCUT2D eigenvalue weighted by atomic mass is 14.4. The average molecular weight is 173 g/mol. The minimum atomic E-state index is 0.698. The molecule has 1 N–H and O–H groups in total. The van der Waals surface area contributed by atoms with Crippen LogP contribution in [0.3, 0.4) is 0 Å². The van der Waals surface area contributed by atoms with Crippen LogP contribution in [0.1, 0.15) is 25.3 Å². The van der Waals surface area contributed by atoms with Crippen LogP contribution in [-0.2, 0) is 0 Å². The van der Waals surface area contributed by atoms with Gasteiger partial charge in [0.2, 0.25) is 0 Å². The molecule has 0 heterocycles. The quantitative estimate of drug-likeness (QED) is 0.533. The maximum Gasteiger partial charge on any atom is 0.0389 e. The molecule has 1 rings (SSSR count). The number of hydrogen-bond acceptors (Lipinski definition) is 1. The molecule has 0 bridgehead atoms. The van der Waals surface area contributed by atoms with Crippen molar-refractivity contribution in [3.05, 3.63) is 48.0 Å². The van der Waals surface area contributed by atoms with Gasteiger partial charge < -0.3 is 5.41 Å². The van der Waals surface area contributed by atoms with Gasteiger partial charge in [-0.1, -0.05) is 35.9 Å². The minimum absolute atomic E-state index is 0.698. The summed E-state index contributed by atoms with van der Waals surface area (Å²) in [6.45, 7) is 5.82. The van der Waals surface area contributed by atoms with Crippen LogP contribution >= 0.6 is 0 Å². The van der Waals surface area contributed by atoms with E-state index in [0.29, 0.717) is 5.71 Å². The summed E-state index contributed by atoms with van der Waals surface area (Å²) < 4.78 is 0. The van der Waals surface area contributed by atoms with Crippen molar-refractivity contribution >= 4 is 5.71 Å². The Balaban J connectivity index is 2.54. The Bertz CT molecular complexity index is 298. The van der Waals surface area contributed by atoms with Crippen molar-refractivity contribution < 1.29 is 0 Å². The number of rotatable bonds is 4. The second kappa shape index (κ2) is 4.61. The van der Waals surface area contributed by atoms with E-state index in [2.05, 4.69) is 6.58 Å². The zero-order valence-electron chi connectivity index (χ0n) is 8.01. The van der Waals surface area contributed by atoms with Crippen LogP contribution in [0.15, 0.2) is 42.5 Å². The smallest absolute Gasteiger partial charge is 0.0389 e. The van der Waals surface area contributed by atoms with Crippen LogP contribution in [0.5, 0.6) is 0 Å². The molecular formula is C12H15N. The third-order valence-electron chi connectivity index (χ3n) is 1.92. The van der Waals surface area contributed by atoms with Gasteiger partial charge in [-0.15, -0.1) is 6.58 Å². The predicted octanol–water partition coefficient (Wildman–Crippen LogP) is 3.41. The van der Waals surface area contributed by atoms with Gasteiger partial charge in [-0.05, 0) is 25.3 Å². The minimum Gasteiger partial charge on any atom is -0.305 e. The van der Waals surface area contributed by atoms with E-state index in [-0.39, 0.29) is 0 Å². The lowest BCUT2D eigenvalue weighted by molar-refractivity contribution is 1.01. The van der Waals surface area contributed by atoms with Gasteiger partial charge in [-0.25, -0.2) is 0 Å². The molecule has 1 heteroatoms. The van der Waals surface area contributed by atoms with Crippen molar-refractivity contribution in [1.29, 1.82) is 5.41 Å². The third-order valence-corrected chi connectivity index (χ3v) is 1.92. The lowest BCUT2D eigenvalue weighted by Gasteiger charge is -2.02. The molecule has 0 saturated carbocycles. The fourth-order valence-corrected chi connectivity index (χ4v) is 1.12. The van der Waals surface area contributed by atoms with Gasteiger partial charge in [-0.2, -0.15) is 0 Å². The van der Waals surface area contributed by atoms with Crippen molar-refractivity contribution in [2.24, 2.45) is 0 Å². The first-order valence-corrected chi connectivity index (χ1v) is 4.47. The molecule has 68 valence electrons. The van der Waals surface area contributed by atoms with E-state index < -0.39 is 0 Å². The molecule has 0 radical (unpaired) electrons. The summed E-state index contributed by atoms with van der Waals surface area (Å²) >= 11 is 0. The summed E-state index contributed by atoms with van der Waals surface area (Å²) in [5.74, 6) is 0. The first-order valence-electron chi connectivity index (χ1n) is 4.47. The van der Waals surface area contributed by atoms with Crippen molar-refractivity contribution in [2.75, 3.05) is 0 Å². The Morgan fingerprint density at radius 1 is 1.23 bits per heavy atom. The molecular weight excluding hydrogens is 158 g/mol.